The van der Waals surface area contributed by atoms with E-state index in [0.717, 1.165) is 0 Å². The Bertz CT molecular complexity index is 915. The lowest BCUT2D eigenvalue weighted by Crippen LogP contribution is -2.45. The molecule has 0 unspecified atom stereocenters. The Kier molecular flexibility index (Phi) is 11.0. The minimum absolute atomic E-state index is 0.0612. The maximum Gasteiger partial charge on any atom is 0.227 e. The second kappa shape index (κ2) is 13.7. The number of halogens is 1. The van der Waals surface area contributed by atoms with Crippen molar-refractivity contribution in [2.24, 2.45) is 34.2 Å². The van der Waals surface area contributed by atoms with Crippen molar-refractivity contribution in [1.29, 1.82) is 0 Å². The van der Waals surface area contributed by atoms with E-state index >= 15 is 0 Å². The molecule has 9 heteroatoms. The monoisotopic (exact) mass is 488 g/mol. The third kappa shape index (κ3) is 8.26. The zero-order chi connectivity index (χ0) is 26.0. The van der Waals surface area contributed by atoms with Gasteiger partial charge in [0.15, 0.2) is 23.3 Å². The number of guanidine groups is 1. The molecule has 1 aromatic carbocycles. The maximum atomic E-state index is 13.5. The third-order valence-corrected chi connectivity index (χ3v) is 6.57. The molecule has 1 aromatic rings. The Morgan fingerprint density at radius 3 is 2.40 bits per heavy atom. The summed E-state index contributed by atoms with van der Waals surface area (Å²) in [4.78, 5) is 57.0. The zero-order valence-electron chi connectivity index (χ0n) is 20.6. The normalized spacial score (nSPS) is 17.1. The van der Waals surface area contributed by atoms with E-state index in [-0.39, 0.29) is 55.2 Å². The van der Waals surface area contributed by atoms with Gasteiger partial charge in [-0.25, -0.2) is 4.39 Å². The lowest BCUT2D eigenvalue weighted by atomic mass is 9.86. The molecule has 1 aliphatic heterocycles. The molecule has 0 bridgehead atoms. The van der Waals surface area contributed by atoms with Crippen molar-refractivity contribution in [3.8, 4) is 0 Å². The lowest BCUT2D eigenvalue weighted by molar-refractivity contribution is -0.142. The first-order valence-corrected chi connectivity index (χ1v) is 12.2. The summed E-state index contributed by atoms with van der Waals surface area (Å²) < 4.78 is 13.1. The van der Waals surface area contributed by atoms with Gasteiger partial charge in [-0.15, -0.1) is 0 Å². The van der Waals surface area contributed by atoms with Crippen molar-refractivity contribution in [2.75, 3.05) is 19.8 Å². The van der Waals surface area contributed by atoms with E-state index in [0.29, 0.717) is 31.4 Å². The van der Waals surface area contributed by atoms with Crippen LogP contribution in [0.5, 0.6) is 0 Å². The number of rotatable bonds is 14. The number of nitrogens with two attached hydrogens (primary N) is 2. The van der Waals surface area contributed by atoms with Crippen molar-refractivity contribution in [2.45, 2.75) is 58.4 Å². The summed E-state index contributed by atoms with van der Waals surface area (Å²) in [6.45, 7) is 3.33. The molecular weight excluding hydrogens is 451 g/mol. The molecule has 1 fully saturated rings. The number of benzene rings is 1. The molecule has 1 amide bonds. The number of amides is 1. The van der Waals surface area contributed by atoms with Crippen LogP contribution in [0.1, 0.15) is 62.7 Å². The van der Waals surface area contributed by atoms with Crippen LogP contribution >= 0.6 is 0 Å². The minimum Gasteiger partial charge on any atom is -0.370 e. The lowest BCUT2D eigenvalue weighted by Gasteiger charge is -2.30. The van der Waals surface area contributed by atoms with Crippen molar-refractivity contribution in [3.05, 3.63) is 35.9 Å². The van der Waals surface area contributed by atoms with Crippen LogP contribution in [0.4, 0.5) is 4.39 Å². The molecule has 0 spiro atoms. The topological polar surface area (TPSA) is 136 Å². The van der Waals surface area contributed by atoms with Gasteiger partial charge in [-0.3, -0.25) is 24.2 Å². The number of Topliss-reactive ketones (excluding diaryl/α,β-unsaturated/α-hetero) is 3. The number of aliphatic imine (C=N–C) groups is 1. The molecule has 8 nitrogen and oxygen atoms in total. The van der Waals surface area contributed by atoms with Crippen molar-refractivity contribution >= 4 is 29.2 Å². The summed E-state index contributed by atoms with van der Waals surface area (Å²) in [6, 6.07) is 8.17. The first-order valence-electron chi connectivity index (χ1n) is 12.2. The van der Waals surface area contributed by atoms with E-state index in [1.807, 2.05) is 19.9 Å². The van der Waals surface area contributed by atoms with E-state index in [4.69, 9.17) is 11.5 Å². The minimum atomic E-state index is -1.15. The fraction of sp³-hybridized carbons (Fsp3) is 0.577. The molecule has 35 heavy (non-hydrogen) atoms. The maximum absolute atomic E-state index is 13.5. The van der Waals surface area contributed by atoms with Crippen molar-refractivity contribution in [3.63, 3.8) is 0 Å². The van der Waals surface area contributed by atoms with E-state index < -0.39 is 30.3 Å². The first-order chi connectivity index (χ1) is 16.6. The van der Waals surface area contributed by atoms with Gasteiger partial charge in [0.05, 0.1) is 6.04 Å². The number of alkyl halides is 1. The molecule has 0 aliphatic carbocycles. The van der Waals surface area contributed by atoms with Gasteiger partial charge < -0.3 is 16.4 Å². The van der Waals surface area contributed by atoms with Crippen LogP contribution in [-0.2, 0) is 14.4 Å². The zero-order valence-corrected chi connectivity index (χ0v) is 20.6. The smallest absolute Gasteiger partial charge is 0.227 e. The number of nitrogens with zero attached hydrogens (tertiary/aromatic N) is 2. The first kappa shape index (κ1) is 28.1. The molecule has 0 aromatic heterocycles. The van der Waals surface area contributed by atoms with Gasteiger partial charge in [0, 0.05) is 43.3 Å². The van der Waals surface area contributed by atoms with Crippen LogP contribution < -0.4 is 11.5 Å². The summed E-state index contributed by atoms with van der Waals surface area (Å²) in [5.74, 6) is -2.72. The van der Waals surface area contributed by atoms with Crippen LogP contribution in [0.25, 0.3) is 0 Å². The Labute approximate surface area is 206 Å². The largest absolute Gasteiger partial charge is 0.370 e. The molecule has 4 N–H and O–H groups in total. The number of hydrogen-bond donors (Lipinski definition) is 2. The third-order valence-electron chi connectivity index (χ3n) is 6.57. The van der Waals surface area contributed by atoms with Gasteiger partial charge in [-0.2, -0.15) is 0 Å². The Hall–Kier alpha value is -3.10. The van der Waals surface area contributed by atoms with Crippen LogP contribution in [0, 0.1) is 17.8 Å². The van der Waals surface area contributed by atoms with Gasteiger partial charge in [0.1, 0.15) is 6.67 Å². The molecule has 1 aliphatic rings. The van der Waals surface area contributed by atoms with E-state index in [1.54, 1.807) is 29.2 Å². The average Bonchev–Trinajstić information content (AvgIpc) is 3.33. The van der Waals surface area contributed by atoms with Crippen LogP contribution in [0.15, 0.2) is 35.3 Å². The summed E-state index contributed by atoms with van der Waals surface area (Å²) >= 11 is 0. The van der Waals surface area contributed by atoms with Crippen molar-refractivity contribution < 1.29 is 23.6 Å². The van der Waals surface area contributed by atoms with Crippen molar-refractivity contribution in [1.82, 2.24) is 4.90 Å². The highest BCUT2D eigenvalue weighted by Gasteiger charge is 2.39. The average molecular weight is 489 g/mol. The highest BCUT2D eigenvalue weighted by Crippen LogP contribution is 2.28. The SMILES string of the molecule is CC(C)[C@H](CC(=O)c1ccccc1)C(=O)N1CCC[C@H]1C(=O)C[C@@H](CCCN=C(N)N)C(=O)CF. The van der Waals surface area contributed by atoms with Gasteiger partial charge >= 0.3 is 0 Å². The van der Waals surface area contributed by atoms with Crippen LogP contribution in [0.2, 0.25) is 0 Å². The summed E-state index contributed by atoms with van der Waals surface area (Å²) in [6.07, 6.45) is 1.80. The summed E-state index contributed by atoms with van der Waals surface area (Å²) in [5.41, 5.74) is 11.1. The number of hydrogen-bond acceptors (Lipinski definition) is 5. The van der Waals surface area contributed by atoms with Gasteiger partial charge in [-0.05, 0) is 31.6 Å². The predicted octanol–water partition coefficient (Wildman–Crippen LogP) is 2.69. The standard InChI is InChI=1S/C26H37FN4O4/c1-17(2)20(15-22(32)18-8-4-3-5-9-18)25(35)31-13-7-11-21(31)23(33)14-19(24(34)16-27)10-6-12-30-26(28)29/h3-5,8-9,17,19-21H,6-7,10-16H2,1-2H3,(H4,28,29,30)/t19-,20+,21+/m1/s1. The fourth-order valence-electron chi connectivity index (χ4n) is 4.54. The second-order valence-corrected chi connectivity index (χ2v) is 9.45. The van der Waals surface area contributed by atoms with E-state index in [2.05, 4.69) is 4.99 Å². The number of likely N-dealkylation sites (tertiary alicyclic amines) is 1. The summed E-state index contributed by atoms with van der Waals surface area (Å²) in [7, 11) is 0. The Morgan fingerprint density at radius 2 is 1.80 bits per heavy atom. The predicted molar refractivity (Wildman–Crippen MR) is 132 cm³/mol. The second-order valence-electron chi connectivity index (χ2n) is 9.45. The molecule has 0 saturated carbocycles. The fourth-order valence-corrected chi connectivity index (χ4v) is 4.54. The molecule has 1 heterocycles. The molecule has 0 radical (unpaired) electrons. The highest BCUT2D eigenvalue weighted by molar-refractivity contribution is 5.99. The van der Waals surface area contributed by atoms with Gasteiger partial charge in [0.25, 0.3) is 0 Å². The number of carbonyl (C=O) groups is 4. The van der Waals surface area contributed by atoms with E-state index in [9.17, 15) is 23.6 Å². The molecule has 1 saturated heterocycles. The molecule has 3 atom stereocenters. The Morgan fingerprint density at radius 1 is 1.11 bits per heavy atom. The quantitative estimate of drug-likeness (QED) is 0.179. The van der Waals surface area contributed by atoms with Gasteiger partial charge in [-0.1, -0.05) is 44.2 Å². The van der Waals surface area contributed by atoms with Gasteiger partial charge in [0.2, 0.25) is 5.91 Å². The molecule has 2 rings (SSSR count). The van der Waals surface area contributed by atoms with Crippen LogP contribution in [-0.4, -0.2) is 59.9 Å². The molecular formula is C26H37FN4O4. The molecule has 192 valence electrons. The highest BCUT2D eigenvalue weighted by atomic mass is 19.1. The Balaban J connectivity index is 2.08. The van der Waals surface area contributed by atoms with E-state index in [1.165, 1.54) is 0 Å². The number of carbonyl (C=O) groups excluding carboxylic acids is 4. The number of ketones is 3. The summed E-state index contributed by atoms with van der Waals surface area (Å²) in [5, 5.41) is 0. The van der Waals surface area contributed by atoms with Crippen LogP contribution in [0.3, 0.4) is 0 Å².